The summed E-state index contributed by atoms with van der Waals surface area (Å²) in [6.45, 7) is 0. The SMILES string of the molecule is [Cu].[O-][Cl+]O. The Hall–Kier alpha value is 0.729. The molecule has 0 aliphatic rings. The van der Waals surface area contributed by atoms with Crippen LogP contribution in [0.25, 0.3) is 0 Å². The van der Waals surface area contributed by atoms with Crippen molar-refractivity contribution in [2.45, 2.75) is 0 Å². The molecule has 1 N–H and O–H groups in total. The smallest absolute Gasteiger partial charge is 0.327 e. The third-order valence-corrected chi connectivity index (χ3v) is 0. The predicted molar refractivity (Wildman–Crippen MR) is 2.22 cm³/mol. The van der Waals surface area contributed by atoms with Crippen molar-refractivity contribution < 1.29 is 37.7 Å². The molecule has 0 spiro atoms. The van der Waals surface area contributed by atoms with E-state index < -0.39 is 0 Å². The number of hydrogen-bond acceptors (Lipinski definition) is 2. The Morgan fingerprint density at radius 2 is 1.75 bits per heavy atom. The van der Waals surface area contributed by atoms with Crippen LogP contribution in [0.2, 0.25) is 0 Å². The van der Waals surface area contributed by atoms with Crippen LogP contribution in [0.4, 0.5) is 0 Å². The normalized spacial score (nSPS) is 4.50. The second-order valence-electron chi connectivity index (χ2n) is 0.0690. The van der Waals surface area contributed by atoms with Crippen molar-refractivity contribution in [3.8, 4) is 0 Å². The predicted octanol–water partition coefficient (Wildman–Crippen LogP) is -1.75. The van der Waals surface area contributed by atoms with Crippen LogP contribution in [0, 0.1) is 11.3 Å². The Balaban J connectivity index is 0. The van der Waals surface area contributed by atoms with Crippen molar-refractivity contribution in [1.82, 2.24) is 0 Å². The van der Waals surface area contributed by atoms with Gasteiger partial charge in [0.2, 0.25) is 0 Å². The van der Waals surface area contributed by atoms with Crippen molar-refractivity contribution in [1.29, 1.82) is 0 Å². The second-order valence-corrected chi connectivity index (χ2v) is 0.207. The van der Waals surface area contributed by atoms with Gasteiger partial charge in [0.1, 0.15) is 0 Å². The molecule has 1 radical (unpaired) electrons. The maximum atomic E-state index is 8.35. The average Bonchev–Trinajstić information content (AvgIpc) is 0.918. The van der Waals surface area contributed by atoms with E-state index in [0.717, 1.165) is 0 Å². The molecule has 0 aliphatic heterocycles. The number of rotatable bonds is 0. The van der Waals surface area contributed by atoms with Crippen molar-refractivity contribution in [3.63, 3.8) is 0 Å². The zero-order valence-electron chi connectivity index (χ0n) is 1.53. The van der Waals surface area contributed by atoms with E-state index in [1.165, 1.54) is 0 Å². The van der Waals surface area contributed by atoms with Crippen LogP contribution in [0.15, 0.2) is 0 Å². The summed E-state index contributed by atoms with van der Waals surface area (Å²) < 4.78 is 15.2. The minimum Gasteiger partial charge on any atom is -0.506 e. The second kappa shape index (κ2) is 9.29. The summed E-state index contributed by atoms with van der Waals surface area (Å²) in [5.74, 6) is 0. The molecule has 0 aromatic rings. The first-order valence-corrected chi connectivity index (χ1v) is 0.970. The number of hydrogen-bond donors (Lipinski definition) is 1. The van der Waals surface area contributed by atoms with Gasteiger partial charge in [-0.3, -0.25) is 0 Å². The van der Waals surface area contributed by atoms with Crippen LogP contribution in [0.1, 0.15) is 0 Å². The molecule has 0 amide bonds. The van der Waals surface area contributed by atoms with E-state index in [4.69, 9.17) is 9.32 Å². The Bertz CT molecular complexity index is 6.00. The van der Waals surface area contributed by atoms with Gasteiger partial charge in [-0.05, 0) is 0 Å². The van der Waals surface area contributed by atoms with E-state index in [2.05, 4.69) is 0 Å². The molecule has 0 aromatic heterocycles. The average molecular weight is 132 g/mol. The third kappa shape index (κ3) is 15.3. The van der Waals surface area contributed by atoms with Crippen molar-refractivity contribution in [2.24, 2.45) is 0 Å². The summed E-state index contributed by atoms with van der Waals surface area (Å²) >= 11 is -0.167. The zero-order valence-corrected chi connectivity index (χ0v) is 3.23. The van der Waals surface area contributed by atoms with Gasteiger partial charge in [0.15, 0.2) is 0 Å². The van der Waals surface area contributed by atoms with Gasteiger partial charge in [0, 0.05) is 17.1 Å². The van der Waals surface area contributed by atoms with E-state index in [9.17, 15) is 0 Å². The zero-order chi connectivity index (χ0) is 2.71. The van der Waals surface area contributed by atoms with Crippen LogP contribution >= 0.6 is 0 Å². The molecule has 4 heavy (non-hydrogen) atoms. The molecule has 0 saturated heterocycles. The van der Waals surface area contributed by atoms with E-state index in [1.807, 2.05) is 0 Å². The van der Waals surface area contributed by atoms with Gasteiger partial charge >= 0.3 is 11.3 Å². The van der Waals surface area contributed by atoms with Crippen molar-refractivity contribution >= 4 is 0 Å². The van der Waals surface area contributed by atoms with Gasteiger partial charge in [0.25, 0.3) is 0 Å². The molecule has 0 unspecified atom stereocenters. The molecule has 0 fully saturated rings. The van der Waals surface area contributed by atoms with Crippen LogP contribution in [0.5, 0.6) is 0 Å². The van der Waals surface area contributed by atoms with Gasteiger partial charge in [-0.15, -0.1) is 4.66 Å². The third-order valence-electron chi connectivity index (χ3n) is 0. The molecule has 0 aliphatic carbocycles. The molecular formula is HClCuO2. The minimum absolute atomic E-state index is 0. The molecule has 0 saturated carbocycles. The summed E-state index contributed by atoms with van der Waals surface area (Å²) in [5, 5.41) is 0. The van der Waals surface area contributed by atoms with Crippen LogP contribution in [-0.2, 0) is 17.1 Å². The molecule has 0 bridgehead atoms. The van der Waals surface area contributed by atoms with Crippen molar-refractivity contribution in [2.75, 3.05) is 0 Å². The van der Waals surface area contributed by atoms with E-state index >= 15 is 0 Å². The standard InChI is InChI=1S/ClHO2.Cu/c2-1-3;/h2H;. The van der Waals surface area contributed by atoms with Crippen LogP contribution in [0.3, 0.4) is 0 Å². The van der Waals surface area contributed by atoms with Gasteiger partial charge in [0.05, 0.1) is 0 Å². The number of halogens is 1. The van der Waals surface area contributed by atoms with Gasteiger partial charge in [-0.2, -0.15) is 0 Å². The van der Waals surface area contributed by atoms with Gasteiger partial charge in [-0.25, -0.2) is 0 Å². The Labute approximate surface area is 38.4 Å². The molecule has 4 heteroatoms. The first kappa shape index (κ1) is 8.83. The molecule has 2 nitrogen and oxygen atoms in total. The van der Waals surface area contributed by atoms with Gasteiger partial charge in [-0.1, -0.05) is 0 Å². The largest absolute Gasteiger partial charge is 0.506 e. The fourth-order valence-electron chi connectivity index (χ4n) is 0. The summed E-state index contributed by atoms with van der Waals surface area (Å²) in [7, 11) is 0. The fraction of sp³-hybridized carbons (Fsp3) is 0. The summed E-state index contributed by atoms with van der Waals surface area (Å²) in [4.78, 5) is 0. The Morgan fingerprint density at radius 1 is 1.75 bits per heavy atom. The van der Waals surface area contributed by atoms with Crippen LogP contribution in [-0.4, -0.2) is 4.66 Å². The quantitative estimate of drug-likeness (QED) is 0.397. The molecular weight excluding hydrogens is 131 g/mol. The van der Waals surface area contributed by atoms with E-state index in [0.29, 0.717) is 0 Å². The topological polar surface area (TPSA) is 43.3 Å². The molecule has 0 aromatic carbocycles. The molecule has 0 atom stereocenters. The van der Waals surface area contributed by atoms with Crippen molar-refractivity contribution in [3.05, 3.63) is 0 Å². The first-order chi connectivity index (χ1) is 1.41. The van der Waals surface area contributed by atoms with Gasteiger partial charge < -0.3 is 4.66 Å². The molecule has 0 rings (SSSR count). The first-order valence-electron chi connectivity index (χ1n) is 0.323. The summed E-state index contributed by atoms with van der Waals surface area (Å²) in [5.41, 5.74) is 0. The van der Waals surface area contributed by atoms with Crippen LogP contribution < -0.4 is 4.66 Å². The fourth-order valence-corrected chi connectivity index (χ4v) is 0. The van der Waals surface area contributed by atoms with E-state index in [1.54, 1.807) is 0 Å². The molecule has 31 valence electrons. The minimum atomic E-state index is -0.167. The Kier molecular flexibility index (Phi) is 20.5. The summed E-state index contributed by atoms with van der Waals surface area (Å²) in [6, 6.07) is 0. The molecule has 0 heterocycles. The van der Waals surface area contributed by atoms with E-state index in [-0.39, 0.29) is 28.4 Å². The summed E-state index contributed by atoms with van der Waals surface area (Å²) in [6.07, 6.45) is 0. The monoisotopic (exact) mass is 131 g/mol. The Morgan fingerprint density at radius 3 is 1.75 bits per heavy atom. The maximum Gasteiger partial charge on any atom is 0.327 e. The maximum absolute atomic E-state index is 8.35.